The predicted molar refractivity (Wildman–Crippen MR) is 89.0 cm³/mol. The van der Waals surface area contributed by atoms with Gasteiger partial charge in [-0.2, -0.15) is 5.10 Å². The van der Waals surface area contributed by atoms with Crippen molar-refractivity contribution in [1.82, 2.24) is 14.6 Å². The molecule has 0 N–H and O–H groups in total. The molecule has 21 heavy (non-hydrogen) atoms. The van der Waals surface area contributed by atoms with Crippen molar-refractivity contribution < 1.29 is 0 Å². The van der Waals surface area contributed by atoms with E-state index in [1.165, 1.54) is 41.0 Å². The third-order valence-electron chi connectivity index (χ3n) is 3.74. The van der Waals surface area contributed by atoms with Crippen LogP contribution in [0.4, 0.5) is 0 Å². The lowest BCUT2D eigenvalue weighted by Gasteiger charge is -2.03. The zero-order valence-electron chi connectivity index (χ0n) is 12.9. The maximum atomic E-state index is 4.74. The van der Waals surface area contributed by atoms with Crippen molar-refractivity contribution in [3.63, 3.8) is 0 Å². The van der Waals surface area contributed by atoms with Crippen molar-refractivity contribution in [2.75, 3.05) is 0 Å². The second-order valence-corrected chi connectivity index (χ2v) is 6.67. The Morgan fingerprint density at radius 2 is 2.05 bits per heavy atom. The zero-order chi connectivity index (χ0) is 14.8. The van der Waals surface area contributed by atoms with Gasteiger partial charge in [-0.1, -0.05) is 54.9 Å². The zero-order valence-corrected chi connectivity index (χ0v) is 13.7. The van der Waals surface area contributed by atoms with Crippen LogP contribution >= 0.6 is 11.3 Å². The van der Waals surface area contributed by atoms with E-state index in [9.17, 15) is 0 Å². The topological polar surface area (TPSA) is 30.2 Å². The predicted octanol–water partition coefficient (Wildman–Crippen LogP) is 4.81. The largest absolute Gasteiger partial charge is 0.217 e. The van der Waals surface area contributed by atoms with Crippen LogP contribution in [0.5, 0.6) is 0 Å². The van der Waals surface area contributed by atoms with E-state index in [1.54, 1.807) is 11.3 Å². The average molecular weight is 299 g/mol. The summed E-state index contributed by atoms with van der Waals surface area (Å²) in [6.45, 7) is 6.48. The summed E-state index contributed by atoms with van der Waals surface area (Å²) in [5.41, 5.74) is 4.77. The maximum Gasteiger partial charge on any atom is 0.212 e. The van der Waals surface area contributed by atoms with Crippen molar-refractivity contribution in [3.8, 4) is 11.3 Å². The fourth-order valence-corrected chi connectivity index (χ4v) is 3.52. The molecule has 0 spiro atoms. The second kappa shape index (κ2) is 5.98. The van der Waals surface area contributed by atoms with Crippen LogP contribution in [0, 0.1) is 13.8 Å². The molecule has 0 fully saturated rings. The van der Waals surface area contributed by atoms with Crippen LogP contribution < -0.4 is 0 Å². The van der Waals surface area contributed by atoms with E-state index in [-0.39, 0.29) is 0 Å². The summed E-state index contributed by atoms with van der Waals surface area (Å²) in [5, 5.41) is 5.84. The molecule has 0 aliphatic heterocycles. The Morgan fingerprint density at radius 3 is 2.76 bits per heavy atom. The first-order valence-electron chi connectivity index (χ1n) is 7.60. The van der Waals surface area contributed by atoms with Crippen LogP contribution in [0.25, 0.3) is 16.2 Å². The van der Waals surface area contributed by atoms with Gasteiger partial charge in [0.1, 0.15) is 5.01 Å². The number of aryl methyl sites for hydroxylation is 3. The Kier molecular flexibility index (Phi) is 4.06. The molecule has 3 rings (SSSR count). The monoisotopic (exact) mass is 299 g/mol. The quantitative estimate of drug-likeness (QED) is 0.633. The van der Waals surface area contributed by atoms with Crippen LogP contribution in [-0.2, 0) is 6.42 Å². The number of nitrogens with zero attached hydrogens (tertiary/aromatic N) is 3. The first kappa shape index (κ1) is 14.3. The van der Waals surface area contributed by atoms with Gasteiger partial charge >= 0.3 is 0 Å². The summed E-state index contributed by atoms with van der Waals surface area (Å²) in [5.74, 6) is 0. The number of hydrogen-bond acceptors (Lipinski definition) is 3. The lowest BCUT2D eigenvalue weighted by Crippen LogP contribution is -1.88. The van der Waals surface area contributed by atoms with Gasteiger partial charge in [0.2, 0.25) is 4.96 Å². The van der Waals surface area contributed by atoms with Crippen molar-refractivity contribution in [2.45, 2.75) is 46.5 Å². The highest BCUT2D eigenvalue weighted by atomic mass is 32.1. The highest BCUT2D eigenvalue weighted by Gasteiger charge is 2.11. The molecular weight excluding hydrogens is 278 g/mol. The number of imidazole rings is 1. The standard InChI is InChI=1S/C17H21N3S/c1-4-5-6-7-16-19-20-11-15(18-17(20)21-16)14-9-8-12(2)10-13(14)3/h8-11H,4-7H2,1-3H3. The van der Waals surface area contributed by atoms with E-state index in [4.69, 9.17) is 4.98 Å². The minimum absolute atomic E-state index is 0.997. The maximum absolute atomic E-state index is 4.74. The van der Waals surface area contributed by atoms with Gasteiger partial charge in [0, 0.05) is 12.0 Å². The van der Waals surface area contributed by atoms with Gasteiger partial charge in [0.25, 0.3) is 0 Å². The van der Waals surface area contributed by atoms with Crippen LogP contribution in [0.3, 0.4) is 0 Å². The summed E-state index contributed by atoms with van der Waals surface area (Å²) in [7, 11) is 0. The molecule has 1 aromatic carbocycles. The Bertz CT molecular complexity index is 723. The van der Waals surface area contributed by atoms with Gasteiger partial charge in [0.05, 0.1) is 11.9 Å². The molecule has 2 aromatic heterocycles. The minimum Gasteiger partial charge on any atom is -0.217 e. The molecular formula is C17H21N3S. The molecule has 0 aliphatic carbocycles. The summed E-state index contributed by atoms with van der Waals surface area (Å²) < 4.78 is 1.93. The van der Waals surface area contributed by atoms with Gasteiger partial charge in [-0.25, -0.2) is 9.50 Å². The Balaban J connectivity index is 1.86. The molecule has 0 aliphatic rings. The van der Waals surface area contributed by atoms with Gasteiger partial charge in [-0.15, -0.1) is 0 Å². The van der Waals surface area contributed by atoms with E-state index < -0.39 is 0 Å². The van der Waals surface area contributed by atoms with Crippen molar-refractivity contribution in [2.24, 2.45) is 0 Å². The molecule has 0 saturated carbocycles. The molecule has 3 aromatic rings. The molecule has 0 unspecified atom stereocenters. The van der Waals surface area contributed by atoms with Crippen molar-refractivity contribution in [1.29, 1.82) is 0 Å². The van der Waals surface area contributed by atoms with E-state index in [2.05, 4.69) is 44.1 Å². The molecule has 0 amide bonds. The first-order valence-corrected chi connectivity index (χ1v) is 8.41. The van der Waals surface area contributed by atoms with Crippen LogP contribution in [0.1, 0.15) is 42.3 Å². The lowest BCUT2D eigenvalue weighted by atomic mass is 10.0. The van der Waals surface area contributed by atoms with Gasteiger partial charge in [-0.3, -0.25) is 0 Å². The number of benzene rings is 1. The minimum atomic E-state index is 0.997. The van der Waals surface area contributed by atoms with Gasteiger partial charge < -0.3 is 0 Å². The molecule has 0 radical (unpaired) electrons. The van der Waals surface area contributed by atoms with E-state index >= 15 is 0 Å². The van der Waals surface area contributed by atoms with Crippen LogP contribution in [-0.4, -0.2) is 14.6 Å². The van der Waals surface area contributed by atoms with E-state index in [0.717, 1.165) is 17.1 Å². The molecule has 4 heteroatoms. The van der Waals surface area contributed by atoms with Gasteiger partial charge in [-0.05, 0) is 25.8 Å². The smallest absolute Gasteiger partial charge is 0.212 e. The van der Waals surface area contributed by atoms with E-state index in [0.29, 0.717) is 0 Å². The highest BCUT2D eigenvalue weighted by molar-refractivity contribution is 7.16. The Labute approximate surface area is 129 Å². The Hall–Kier alpha value is -1.68. The van der Waals surface area contributed by atoms with Crippen molar-refractivity contribution >= 4 is 16.3 Å². The number of aromatic nitrogens is 3. The van der Waals surface area contributed by atoms with Crippen molar-refractivity contribution in [3.05, 3.63) is 40.5 Å². The Morgan fingerprint density at radius 1 is 1.19 bits per heavy atom. The lowest BCUT2D eigenvalue weighted by molar-refractivity contribution is 0.706. The highest BCUT2D eigenvalue weighted by Crippen LogP contribution is 2.26. The SMILES string of the molecule is CCCCCc1nn2cc(-c3ccc(C)cc3C)nc2s1. The first-order chi connectivity index (χ1) is 10.2. The molecule has 3 nitrogen and oxygen atoms in total. The average Bonchev–Trinajstić information content (AvgIpc) is 2.97. The van der Waals surface area contributed by atoms with Gasteiger partial charge in [0.15, 0.2) is 0 Å². The third kappa shape index (κ3) is 3.00. The van der Waals surface area contributed by atoms with Crippen LogP contribution in [0.2, 0.25) is 0 Å². The van der Waals surface area contributed by atoms with Crippen LogP contribution in [0.15, 0.2) is 24.4 Å². The molecule has 0 saturated heterocycles. The molecule has 0 bridgehead atoms. The number of hydrogen-bond donors (Lipinski definition) is 0. The fourth-order valence-electron chi connectivity index (χ4n) is 2.60. The van der Waals surface area contributed by atoms with E-state index in [1.807, 2.05) is 10.7 Å². The summed E-state index contributed by atoms with van der Waals surface area (Å²) in [6.07, 6.45) is 6.86. The molecule has 0 atom stereocenters. The second-order valence-electron chi connectivity index (χ2n) is 5.62. The fraction of sp³-hybridized carbons (Fsp3) is 0.412. The molecule has 2 heterocycles. The number of fused-ring (bicyclic) bond motifs is 1. The number of rotatable bonds is 5. The summed E-state index contributed by atoms with van der Waals surface area (Å²) >= 11 is 1.71. The normalized spacial score (nSPS) is 11.4. The molecule has 110 valence electrons. The number of unbranched alkanes of at least 4 members (excludes halogenated alkanes) is 2. The summed E-state index contributed by atoms with van der Waals surface area (Å²) in [6, 6.07) is 6.49. The third-order valence-corrected chi connectivity index (χ3v) is 4.72. The summed E-state index contributed by atoms with van der Waals surface area (Å²) in [4.78, 5) is 5.74.